The van der Waals surface area contributed by atoms with Crippen LogP contribution in [0.25, 0.3) is 27.6 Å². The Balaban J connectivity index is 1.50. The number of thiocarbonyl (C=S) groups is 1. The molecule has 1 atom stereocenters. The van der Waals surface area contributed by atoms with Crippen molar-refractivity contribution >= 4 is 45.0 Å². The van der Waals surface area contributed by atoms with Crippen LogP contribution >= 0.6 is 12.2 Å². The topological polar surface area (TPSA) is 36.1 Å². The van der Waals surface area contributed by atoms with Crippen LogP contribution in [0.15, 0.2) is 102 Å². The third kappa shape index (κ3) is 3.29. The van der Waals surface area contributed by atoms with Gasteiger partial charge in [-0.3, -0.25) is 0 Å². The van der Waals surface area contributed by atoms with Crippen molar-refractivity contribution in [1.82, 2.24) is 16.0 Å². The molecule has 1 unspecified atom stereocenters. The quantitative estimate of drug-likeness (QED) is 0.367. The summed E-state index contributed by atoms with van der Waals surface area (Å²) in [6.07, 6.45) is 2.30. The van der Waals surface area contributed by atoms with Gasteiger partial charge in [-0.05, 0) is 62.1 Å². The lowest BCUT2D eigenvalue weighted by atomic mass is 9.87. The molecule has 0 bridgehead atoms. The predicted octanol–water partition coefficient (Wildman–Crippen LogP) is 5.45. The van der Waals surface area contributed by atoms with Gasteiger partial charge in [0.05, 0.1) is 6.04 Å². The molecular weight excluding hydrogens is 410 g/mol. The number of hydrogen-bond acceptors (Lipinski definition) is 2. The van der Waals surface area contributed by atoms with Gasteiger partial charge in [0.15, 0.2) is 5.11 Å². The summed E-state index contributed by atoms with van der Waals surface area (Å²) in [6, 6.07) is 30.1. The van der Waals surface area contributed by atoms with Crippen molar-refractivity contribution in [2.75, 3.05) is 13.1 Å². The maximum absolute atomic E-state index is 5.66. The van der Waals surface area contributed by atoms with E-state index >= 15 is 0 Å². The van der Waals surface area contributed by atoms with Crippen LogP contribution in [0.4, 0.5) is 0 Å². The lowest BCUT2D eigenvalue weighted by Crippen LogP contribution is -2.49. The molecule has 4 heteroatoms. The molecule has 2 heterocycles. The van der Waals surface area contributed by atoms with Gasteiger partial charge in [0, 0.05) is 18.8 Å². The zero-order chi connectivity index (χ0) is 21.5. The van der Waals surface area contributed by atoms with Crippen LogP contribution < -0.4 is 16.0 Å². The molecule has 6 rings (SSSR count). The Morgan fingerprint density at radius 2 is 1.44 bits per heavy atom. The van der Waals surface area contributed by atoms with Crippen LogP contribution in [0.3, 0.4) is 0 Å². The van der Waals surface area contributed by atoms with E-state index in [0.717, 1.165) is 18.8 Å². The molecule has 3 nitrogen and oxygen atoms in total. The summed E-state index contributed by atoms with van der Waals surface area (Å²) in [5.41, 5.74) is 6.16. The highest BCUT2D eigenvalue weighted by Crippen LogP contribution is 2.35. The van der Waals surface area contributed by atoms with E-state index in [4.69, 9.17) is 12.2 Å². The number of rotatable bonds is 2. The fourth-order valence-corrected chi connectivity index (χ4v) is 5.16. The highest BCUT2D eigenvalue weighted by molar-refractivity contribution is 7.80. The molecule has 0 radical (unpaired) electrons. The maximum atomic E-state index is 5.66. The summed E-state index contributed by atoms with van der Waals surface area (Å²) in [5, 5.41) is 16.3. The molecule has 32 heavy (non-hydrogen) atoms. The standard InChI is InChI=1S/C28H23N3S/c32-28-30-26-21(15-20-11-5-9-18-7-1-3-12-22(18)20)16-29-17-25(26)27(31-28)24-14-6-10-19-8-2-4-13-23(19)24/h1-15,27,29H,16-17H2,(H2,30,31,32)/b21-15+. The third-order valence-electron chi connectivity index (χ3n) is 6.42. The fraction of sp³-hybridized carbons (Fsp3) is 0.107. The largest absolute Gasteiger partial charge is 0.352 e. The second-order valence-corrected chi connectivity index (χ2v) is 8.75. The predicted molar refractivity (Wildman–Crippen MR) is 137 cm³/mol. The van der Waals surface area contributed by atoms with E-state index in [0.29, 0.717) is 5.11 Å². The van der Waals surface area contributed by atoms with Gasteiger partial charge in [-0.1, -0.05) is 84.9 Å². The molecule has 0 saturated carbocycles. The van der Waals surface area contributed by atoms with Crippen LogP contribution in [-0.2, 0) is 0 Å². The van der Waals surface area contributed by atoms with Crippen molar-refractivity contribution in [3.8, 4) is 0 Å². The van der Waals surface area contributed by atoms with Crippen molar-refractivity contribution in [3.63, 3.8) is 0 Å². The van der Waals surface area contributed by atoms with Crippen molar-refractivity contribution < 1.29 is 0 Å². The number of nitrogens with one attached hydrogen (secondary N) is 3. The van der Waals surface area contributed by atoms with Gasteiger partial charge < -0.3 is 16.0 Å². The molecule has 2 aliphatic heterocycles. The molecule has 4 aromatic carbocycles. The minimum atomic E-state index is 0.0357. The lowest BCUT2D eigenvalue weighted by Gasteiger charge is -2.36. The molecule has 3 N–H and O–H groups in total. The van der Waals surface area contributed by atoms with E-state index in [1.165, 1.54) is 43.8 Å². The number of fused-ring (bicyclic) bond motifs is 2. The minimum absolute atomic E-state index is 0.0357. The zero-order valence-electron chi connectivity index (χ0n) is 17.6. The Morgan fingerprint density at radius 3 is 2.28 bits per heavy atom. The molecule has 2 aliphatic rings. The Hall–Kier alpha value is -3.47. The van der Waals surface area contributed by atoms with Crippen molar-refractivity contribution in [2.45, 2.75) is 6.04 Å². The zero-order valence-corrected chi connectivity index (χ0v) is 18.4. The maximum Gasteiger partial charge on any atom is 0.171 e. The second-order valence-electron chi connectivity index (χ2n) is 8.34. The van der Waals surface area contributed by atoms with Gasteiger partial charge in [-0.15, -0.1) is 0 Å². The monoisotopic (exact) mass is 433 g/mol. The van der Waals surface area contributed by atoms with Crippen LogP contribution in [0, 0.1) is 0 Å². The summed E-state index contributed by atoms with van der Waals surface area (Å²) in [5.74, 6) is 0. The average Bonchev–Trinajstić information content (AvgIpc) is 2.84. The van der Waals surface area contributed by atoms with E-state index < -0.39 is 0 Å². The number of hydrogen-bond donors (Lipinski definition) is 3. The van der Waals surface area contributed by atoms with Crippen LogP contribution in [0.2, 0.25) is 0 Å². The summed E-state index contributed by atoms with van der Waals surface area (Å²) in [6.45, 7) is 1.62. The molecule has 0 fully saturated rings. The normalized spacial score (nSPS) is 19.7. The summed E-state index contributed by atoms with van der Waals surface area (Å²) < 4.78 is 0. The Kier molecular flexibility index (Phi) is 4.75. The van der Waals surface area contributed by atoms with Gasteiger partial charge in [-0.2, -0.15) is 0 Å². The van der Waals surface area contributed by atoms with Gasteiger partial charge in [0.2, 0.25) is 0 Å². The van der Waals surface area contributed by atoms with E-state index in [2.05, 4.69) is 107 Å². The fourth-order valence-electron chi connectivity index (χ4n) is 4.94. The molecule has 156 valence electrons. The summed E-state index contributed by atoms with van der Waals surface area (Å²) in [4.78, 5) is 0. The van der Waals surface area contributed by atoms with Gasteiger partial charge >= 0.3 is 0 Å². The first-order chi connectivity index (χ1) is 15.8. The van der Waals surface area contributed by atoms with Gasteiger partial charge in [0.25, 0.3) is 0 Å². The summed E-state index contributed by atoms with van der Waals surface area (Å²) >= 11 is 5.66. The Morgan fingerprint density at radius 1 is 0.750 bits per heavy atom. The van der Waals surface area contributed by atoms with E-state index in [-0.39, 0.29) is 6.04 Å². The van der Waals surface area contributed by atoms with Crippen molar-refractivity contribution in [3.05, 3.63) is 113 Å². The van der Waals surface area contributed by atoms with E-state index in [9.17, 15) is 0 Å². The SMILES string of the molecule is S=C1NC2=C(CNC/C2=C\c2cccc3ccccc23)C(c2cccc3ccccc23)N1. The third-order valence-corrected chi connectivity index (χ3v) is 6.64. The smallest absolute Gasteiger partial charge is 0.171 e. The lowest BCUT2D eigenvalue weighted by molar-refractivity contribution is 0.617. The molecule has 0 saturated heterocycles. The van der Waals surface area contributed by atoms with Crippen molar-refractivity contribution in [1.29, 1.82) is 0 Å². The molecular formula is C28H23N3S. The molecule has 0 aliphatic carbocycles. The Bertz CT molecular complexity index is 1420. The molecule has 4 aromatic rings. The number of benzene rings is 4. The van der Waals surface area contributed by atoms with Crippen LogP contribution in [0.5, 0.6) is 0 Å². The van der Waals surface area contributed by atoms with E-state index in [1.807, 2.05) is 0 Å². The van der Waals surface area contributed by atoms with Crippen LogP contribution in [0.1, 0.15) is 17.2 Å². The van der Waals surface area contributed by atoms with Crippen molar-refractivity contribution in [2.24, 2.45) is 0 Å². The second kappa shape index (κ2) is 7.90. The first kappa shape index (κ1) is 19.2. The molecule has 0 spiro atoms. The minimum Gasteiger partial charge on any atom is -0.352 e. The van der Waals surface area contributed by atoms with Gasteiger partial charge in [-0.25, -0.2) is 0 Å². The summed E-state index contributed by atoms with van der Waals surface area (Å²) in [7, 11) is 0. The first-order valence-corrected chi connectivity index (χ1v) is 11.4. The Labute approximate surface area is 192 Å². The van der Waals surface area contributed by atoms with E-state index in [1.54, 1.807) is 0 Å². The van der Waals surface area contributed by atoms with Gasteiger partial charge in [0.1, 0.15) is 0 Å². The first-order valence-electron chi connectivity index (χ1n) is 11.0. The highest BCUT2D eigenvalue weighted by Gasteiger charge is 2.31. The van der Waals surface area contributed by atoms with Crippen LogP contribution in [-0.4, -0.2) is 18.2 Å². The molecule has 0 aromatic heterocycles. The molecule has 0 amide bonds. The highest BCUT2D eigenvalue weighted by atomic mass is 32.1. The average molecular weight is 434 g/mol.